The van der Waals surface area contributed by atoms with Gasteiger partial charge in [-0.3, -0.25) is 4.98 Å². The molecule has 5 nitrogen and oxygen atoms in total. The van der Waals surface area contributed by atoms with E-state index >= 15 is 0 Å². The largest absolute Gasteiger partial charge is 0.395 e. The molecule has 1 saturated heterocycles. The molecule has 1 aliphatic rings. The van der Waals surface area contributed by atoms with Gasteiger partial charge in [-0.25, -0.2) is 0 Å². The topological polar surface area (TPSA) is 53.3 Å². The average molecular weight is 364 g/mol. The third-order valence-corrected chi connectivity index (χ3v) is 5.01. The summed E-state index contributed by atoms with van der Waals surface area (Å²) >= 11 is 5.56. The second-order valence-corrected chi connectivity index (χ2v) is 6.57. The summed E-state index contributed by atoms with van der Waals surface area (Å²) in [5.41, 5.74) is 3.13. The summed E-state index contributed by atoms with van der Waals surface area (Å²) in [5.74, 6) is 0. The van der Waals surface area contributed by atoms with Gasteiger partial charge in [0.25, 0.3) is 0 Å². The van der Waals surface area contributed by atoms with E-state index in [0.29, 0.717) is 11.7 Å². The first kappa shape index (κ1) is 16.8. The number of rotatable bonds is 5. The standard InChI is InChI=1S/C20H20N4OS/c25-14-13-24-19(18(22-20(24)26)16-9-4-5-11-21-16)17-10-6-12-23(17)15-7-2-1-3-8-15/h1-12,18-19,25H,13-14H2,(H,22,26). The van der Waals surface area contributed by atoms with Crippen molar-refractivity contribution in [2.75, 3.05) is 13.2 Å². The van der Waals surface area contributed by atoms with Gasteiger partial charge in [0.05, 0.1) is 24.4 Å². The number of pyridine rings is 1. The fraction of sp³-hybridized carbons (Fsp3) is 0.200. The first-order valence-corrected chi connectivity index (χ1v) is 9.02. The van der Waals surface area contributed by atoms with Gasteiger partial charge in [-0.1, -0.05) is 24.3 Å². The predicted octanol–water partition coefficient (Wildman–Crippen LogP) is 2.84. The third-order valence-electron chi connectivity index (χ3n) is 4.66. The summed E-state index contributed by atoms with van der Waals surface area (Å²) in [7, 11) is 0. The van der Waals surface area contributed by atoms with Crippen molar-refractivity contribution in [1.82, 2.24) is 19.8 Å². The van der Waals surface area contributed by atoms with E-state index in [1.54, 1.807) is 6.20 Å². The van der Waals surface area contributed by atoms with Crippen LogP contribution in [0.5, 0.6) is 0 Å². The molecule has 2 N–H and O–H groups in total. The number of thiocarbonyl (C=S) groups is 1. The molecule has 2 unspecified atom stereocenters. The zero-order valence-corrected chi connectivity index (χ0v) is 15.0. The Balaban J connectivity index is 1.81. The van der Waals surface area contributed by atoms with Crippen molar-refractivity contribution >= 4 is 17.3 Å². The molecule has 0 aliphatic carbocycles. The van der Waals surface area contributed by atoms with E-state index in [4.69, 9.17) is 12.2 Å². The molecule has 3 heterocycles. The lowest BCUT2D eigenvalue weighted by Crippen LogP contribution is -2.32. The fourth-order valence-corrected chi connectivity index (χ4v) is 3.87. The number of nitrogens with zero attached hydrogens (tertiary/aromatic N) is 3. The lowest BCUT2D eigenvalue weighted by Gasteiger charge is -2.28. The molecule has 2 aromatic heterocycles. The normalized spacial score (nSPS) is 19.6. The maximum atomic E-state index is 9.55. The van der Waals surface area contributed by atoms with E-state index in [1.807, 2.05) is 47.4 Å². The Morgan fingerprint density at radius 1 is 1.04 bits per heavy atom. The van der Waals surface area contributed by atoms with Gasteiger partial charge in [0, 0.05) is 30.3 Å². The van der Waals surface area contributed by atoms with E-state index in [9.17, 15) is 5.11 Å². The van der Waals surface area contributed by atoms with Crippen molar-refractivity contribution < 1.29 is 5.11 Å². The molecule has 132 valence electrons. The summed E-state index contributed by atoms with van der Waals surface area (Å²) in [6.07, 6.45) is 3.85. The lowest BCUT2D eigenvalue weighted by atomic mass is 10.0. The molecule has 3 aromatic rings. The van der Waals surface area contributed by atoms with Crippen molar-refractivity contribution in [2.24, 2.45) is 0 Å². The second kappa shape index (κ2) is 7.27. The molecule has 1 aliphatic heterocycles. The molecule has 1 fully saturated rings. The maximum absolute atomic E-state index is 9.55. The summed E-state index contributed by atoms with van der Waals surface area (Å²) in [4.78, 5) is 6.58. The zero-order chi connectivity index (χ0) is 17.9. The van der Waals surface area contributed by atoms with Crippen molar-refractivity contribution in [2.45, 2.75) is 12.1 Å². The van der Waals surface area contributed by atoms with Crippen LogP contribution in [0.1, 0.15) is 23.5 Å². The minimum atomic E-state index is -0.0763. The van der Waals surface area contributed by atoms with Gasteiger partial charge in [-0.15, -0.1) is 0 Å². The van der Waals surface area contributed by atoms with Crippen molar-refractivity contribution in [1.29, 1.82) is 0 Å². The minimum absolute atomic E-state index is 0.0410. The van der Waals surface area contributed by atoms with Gasteiger partial charge in [-0.2, -0.15) is 0 Å². The number of benzene rings is 1. The molecule has 0 spiro atoms. The molecular weight excluding hydrogens is 344 g/mol. The molecule has 0 amide bonds. The van der Waals surface area contributed by atoms with Gasteiger partial charge in [0.15, 0.2) is 5.11 Å². The monoisotopic (exact) mass is 364 g/mol. The third kappa shape index (κ3) is 2.98. The van der Waals surface area contributed by atoms with Crippen LogP contribution < -0.4 is 5.32 Å². The number of aromatic nitrogens is 2. The molecule has 2 atom stereocenters. The lowest BCUT2D eigenvalue weighted by molar-refractivity contribution is 0.220. The van der Waals surface area contributed by atoms with Crippen LogP contribution >= 0.6 is 12.2 Å². The maximum Gasteiger partial charge on any atom is 0.170 e. The van der Waals surface area contributed by atoms with Crippen LogP contribution in [-0.2, 0) is 0 Å². The highest BCUT2D eigenvalue weighted by Crippen LogP contribution is 2.39. The van der Waals surface area contributed by atoms with Gasteiger partial charge in [-0.05, 0) is 48.6 Å². The fourth-order valence-electron chi connectivity index (χ4n) is 3.53. The first-order chi connectivity index (χ1) is 12.8. The Labute approximate surface area is 157 Å². The second-order valence-electron chi connectivity index (χ2n) is 6.18. The van der Waals surface area contributed by atoms with Crippen LogP contribution in [0.2, 0.25) is 0 Å². The van der Waals surface area contributed by atoms with E-state index in [0.717, 1.165) is 17.1 Å². The number of para-hydroxylation sites is 1. The number of hydrogen-bond acceptors (Lipinski definition) is 3. The number of aliphatic hydroxyl groups excluding tert-OH is 1. The van der Waals surface area contributed by atoms with Crippen molar-refractivity contribution in [3.63, 3.8) is 0 Å². The number of nitrogens with one attached hydrogen (secondary N) is 1. The highest BCUT2D eigenvalue weighted by molar-refractivity contribution is 7.80. The molecule has 6 heteroatoms. The van der Waals surface area contributed by atoms with Gasteiger partial charge >= 0.3 is 0 Å². The van der Waals surface area contributed by atoms with Crippen LogP contribution in [0.25, 0.3) is 5.69 Å². The molecule has 0 saturated carbocycles. The molecule has 26 heavy (non-hydrogen) atoms. The van der Waals surface area contributed by atoms with E-state index in [2.05, 4.69) is 39.3 Å². The van der Waals surface area contributed by atoms with Crippen molar-refractivity contribution in [3.8, 4) is 5.69 Å². The summed E-state index contributed by atoms with van der Waals surface area (Å²) in [6, 6.07) is 20.1. The van der Waals surface area contributed by atoms with Crippen LogP contribution in [0.4, 0.5) is 0 Å². The Morgan fingerprint density at radius 2 is 1.85 bits per heavy atom. The van der Waals surface area contributed by atoms with Crippen LogP contribution in [0.3, 0.4) is 0 Å². The first-order valence-electron chi connectivity index (χ1n) is 8.61. The van der Waals surface area contributed by atoms with E-state index < -0.39 is 0 Å². The van der Waals surface area contributed by atoms with E-state index in [-0.39, 0.29) is 18.7 Å². The summed E-state index contributed by atoms with van der Waals surface area (Å²) in [5, 5.41) is 13.6. The van der Waals surface area contributed by atoms with Crippen LogP contribution in [-0.4, -0.2) is 37.8 Å². The summed E-state index contributed by atoms with van der Waals surface area (Å²) in [6.45, 7) is 0.513. The molecule has 0 bridgehead atoms. The van der Waals surface area contributed by atoms with Crippen molar-refractivity contribution in [3.05, 3.63) is 84.4 Å². The molecule has 4 rings (SSSR count). The highest BCUT2D eigenvalue weighted by Gasteiger charge is 2.40. The molecule has 0 radical (unpaired) electrons. The summed E-state index contributed by atoms with van der Waals surface area (Å²) < 4.78 is 2.17. The van der Waals surface area contributed by atoms with Gasteiger partial charge in [0.2, 0.25) is 0 Å². The van der Waals surface area contributed by atoms with Gasteiger partial charge in [0.1, 0.15) is 0 Å². The quantitative estimate of drug-likeness (QED) is 0.682. The highest BCUT2D eigenvalue weighted by atomic mass is 32.1. The van der Waals surface area contributed by atoms with E-state index in [1.165, 1.54) is 0 Å². The Morgan fingerprint density at radius 3 is 2.58 bits per heavy atom. The Kier molecular flexibility index (Phi) is 4.69. The number of aliphatic hydroxyl groups is 1. The SMILES string of the molecule is OCCN1C(=S)NC(c2ccccn2)C1c1cccn1-c1ccccc1. The van der Waals surface area contributed by atoms with Crippen LogP contribution in [0, 0.1) is 0 Å². The molecular formula is C20H20N4OS. The molecule has 1 aromatic carbocycles. The smallest absolute Gasteiger partial charge is 0.170 e. The number of hydrogen-bond donors (Lipinski definition) is 2. The zero-order valence-electron chi connectivity index (χ0n) is 14.2. The predicted molar refractivity (Wildman–Crippen MR) is 105 cm³/mol. The average Bonchev–Trinajstić information content (AvgIpc) is 3.28. The Bertz CT molecular complexity index is 881. The Hall–Kier alpha value is -2.70. The minimum Gasteiger partial charge on any atom is -0.395 e. The van der Waals surface area contributed by atoms with Gasteiger partial charge < -0.3 is 19.9 Å². The van der Waals surface area contributed by atoms with Crippen LogP contribution in [0.15, 0.2) is 73.1 Å². The number of β-amino-alcohol motifs (C(OH)–C–C–N with tert-alkyl or cyclic N) is 1.